The van der Waals surface area contributed by atoms with Gasteiger partial charge in [0, 0.05) is 25.5 Å². The molecule has 0 saturated carbocycles. The first-order chi connectivity index (χ1) is 6.77. The second-order valence-electron chi connectivity index (χ2n) is 2.85. The Balaban J connectivity index is 2.86. The van der Waals surface area contributed by atoms with Crippen LogP contribution in [0.1, 0.15) is 15.9 Å². The summed E-state index contributed by atoms with van der Waals surface area (Å²) in [6.07, 6.45) is 0.882. The van der Waals surface area contributed by atoms with Gasteiger partial charge in [0.15, 0.2) is 6.29 Å². The molecule has 4 heteroatoms. The van der Waals surface area contributed by atoms with Crippen LogP contribution in [-0.2, 0) is 5.33 Å². The molecule has 2 aromatic rings. The number of fused-ring (bicyclic) bond motifs is 1. The normalized spacial score (nSPS) is 10.7. The van der Waals surface area contributed by atoms with E-state index in [4.69, 9.17) is 0 Å². The number of thiophene rings is 1. The molecule has 72 valence electrons. The first-order valence-electron chi connectivity index (χ1n) is 3.97. The van der Waals surface area contributed by atoms with E-state index in [0.29, 0.717) is 5.56 Å². The monoisotopic (exact) mass is 332 g/mol. The zero-order valence-corrected chi connectivity index (χ0v) is 11.1. The second-order valence-corrected chi connectivity index (χ2v) is 5.12. The lowest BCUT2D eigenvalue weighted by molar-refractivity contribution is 0.112. The summed E-state index contributed by atoms with van der Waals surface area (Å²) in [6, 6.07) is 3.95. The predicted molar refractivity (Wildman–Crippen MR) is 67.5 cm³/mol. The predicted octanol–water partition coefficient (Wildman–Crippen LogP) is 4.37. The molecular formula is C10H6Br2OS. The van der Waals surface area contributed by atoms with Crippen LogP contribution < -0.4 is 0 Å². The highest BCUT2D eigenvalue weighted by molar-refractivity contribution is 9.10. The Morgan fingerprint density at radius 1 is 1.50 bits per heavy atom. The molecule has 0 bridgehead atoms. The summed E-state index contributed by atoms with van der Waals surface area (Å²) < 4.78 is 2.13. The van der Waals surface area contributed by atoms with Crippen LogP contribution in [0.5, 0.6) is 0 Å². The third kappa shape index (κ3) is 1.55. The highest BCUT2D eigenvalue weighted by Crippen LogP contribution is 2.34. The van der Waals surface area contributed by atoms with E-state index in [-0.39, 0.29) is 0 Å². The van der Waals surface area contributed by atoms with Gasteiger partial charge in [-0.25, -0.2) is 0 Å². The van der Waals surface area contributed by atoms with E-state index in [1.54, 1.807) is 11.3 Å². The van der Waals surface area contributed by atoms with E-state index >= 15 is 0 Å². The van der Waals surface area contributed by atoms with Crippen molar-refractivity contribution < 1.29 is 4.79 Å². The summed E-state index contributed by atoms with van der Waals surface area (Å²) >= 11 is 8.57. The quantitative estimate of drug-likeness (QED) is 0.589. The van der Waals surface area contributed by atoms with Gasteiger partial charge in [0.2, 0.25) is 0 Å². The maximum atomic E-state index is 10.8. The van der Waals surface area contributed by atoms with Crippen molar-refractivity contribution in [2.24, 2.45) is 0 Å². The molecule has 0 aliphatic carbocycles. The van der Waals surface area contributed by atoms with Gasteiger partial charge in [-0.1, -0.05) is 15.9 Å². The fraction of sp³-hybridized carbons (Fsp3) is 0.100. The zero-order valence-electron chi connectivity index (χ0n) is 7.09. The Labute approximate surface area is 102 Å². The molecule has 2 rings (SSSR count). The first-order valence-corrected chi connectivity index (χ1v) is 6.77. The molecule has 1 heterocycles. The number of halogens is 2. The second kappa shape index (κ2) is 4.13. The van der Waals surface area contributed by atoms with Crippen LogP contribution in [0.2, 0.25) is 0 Å². The number of hydrogen-bond acceptors (Lipinski definition) is 2. The summed E-state index contributed by atoms with van der Waals surface area (Å²) in [6.45, 7) is 0. The van der Waals surface area contributed by atoms with Crippen LogP contribution in [-0.4, -0.2) is 6.29 Å². The molecule has 0 amide bonds. The molecular weight excluding hydrogens is 328 g/mol. The van der Waals surface area contributed by atoms with E-state index in [2.05, 4.69) is 31.9 Å². The van der Waals surface area contributed by atoms with Crippen molar-refractivity contribution in [3.8, 4) is 0 Å². The molecule has 0 radical (unpaired) electrons. The van der Waals surface area contributed by atoms with Crippen molar-refractivity contribution in [1.29, 1.82) is 0 Å². The lowest BCUT2D eigenvalue weighted by Crippen LogP contribution is -1.87. The summed E-state index contributed by atoms with van der Waals surface area (Å²) in [5.74, 6) is 0. The van der Waals surface area contributed by atoms with Gasteiger partial charge in [0.05, 0.1) is 0 Å². The SMILES string of the molecule is O=Cc1cc(CBr)c2sccc2c1Br. The van der Waals surface area contributed by atoms with Crippen molar-refractivity contribution in [3.05, 3.63) is 33.1 Å². The van der Waals surface area contributed by atoms with Gasteiger partial charge in [-0.3, -0.25) is 4.79 Å². The average Bonchev–Trinajstić information content (AvgIpc) is 2.68. The fourth-order valence-electron chi connectivity index (χ4n) is 1.39. The Bertz CT molecular complexity index is 490. The molecule has 0 fully saturated rings. The third-order valence-corrected chi connectivity index (χ3v) is 4.53. The third-order valence-electron chi connectivity index (χ3n) is 2.05. The maximum Gasteiger partial charge on any atom is 0.151 e. The molecule has 0 unspecified atom stereocenters. The van der Waals surface area contributed by atoms with Crippen molar-refractivity contribution in [2.75, 3.05) is 0 Å². The molecule has 1 aromatic heterocycles. The van der Waals surface area contributed by atoms with Gasteiger partial charge >= 0.3 is 0 Å². The van der Waals surface area contributed by atoms with E-state index in [1.165, 1.54) is 10.3 Å². The van der Waals surface area contributed by atoms with Crippen LogP contribution in [0.15, 0.2) is 22.0 Å². The minimum absolute atomic E-state index is 0.713. The van der Waals surface area contributed by atoms with Crippen molar-refractivity contribution in [1.82, 2.24) is 0 Å². The van der Waals surface area contributed by atoms with Gasteiger partial charge in [0.25, 0.3) is 0 Å². The highest BCUT2D eigenvalue weighted by Gasteiger charge is 2.09. The molecule has 0 spiro atoms. The van der Waals surface area contributed by atoms with Gasteiger partial charge in [-0.2, -0.15) is 0 Å². The molecule has 0 saturated heterocycles. The molecule has 0 N–H and O–H groups in total. The average molecular weight is 334 g/mol. The van der Waals surface area contributed by atoms with E-state index in [0.717, 1.165) is 21.5 Å². The standard InChI is InChI=1S/C10H6Br2OS/c11-4-6-3-7(5-13)9(12)8-1-2-14-10(6)8/h1-3,5H,4H2. The molecule has 1 nitrogen and oxygen atoms in total. The Kier molecular flexibility index (Phi) is 3.04. The first kappa shape index (κ1) is 10.3. The maximum absolute atomic E-state index is 10.8. The van der Waals surface area contributed by atoms with Gasteiger partial charge in [-0.05, 0) is 39.0 Å². The molecule has 0 aliphatic heterocycles. The topological polar surface area (TPSA) is 17.1 Å². The molecule has 0 aliphatic rings. The summed E-state index contributed by atoms with van der Waals surface area (Å²) in [4.78, 5) is 10.8. The smallest absolute Gasteiger partial charge is 0.151 e. The summed E-state index contributed by atoms with van der Waals surface area (Å²) in [5.41, 5.74) is 1.88. The molecule has 0 atom stereocenters. The minimum Gasteiger partial charge on any atom is -0.298 e. The van der Waals surface area contributed by atoms with Crippen LogP contribution in [0.4, 0.5) is 0 Å². The molecule has 14 heavy (non-hydrogen) atoms. The van der Waals surface area contributed by atoms with Gasteiger partial charge in [-0.15, -0.1) is 11.3 Å². The number of benzene rings is 1. The number of hydrogen-bond donors (Lipinski definition) is 0. The van der Waals surface area contributed by atoms with Crippen LogP contribution in [0, 0.1) is 0 Å². The molecule has 1 aromatic carbocycles. The fourth-order valence-corrected chi connectivity index (χ4v) is 3.61. The van der Waals surface area contributed by atoms with Gasteiger partial charge in [0.1, 0.15) is 0 Å². The summed E-state index contributed by atoms with van der Waals surface area (Å²) in [5, 5.41) is 3.93. The Morgan fingerprint density at radius 3 is 2.93 bits per heavy atom. The van der Waals surface area contributed by atoms with Crippen molar-refractivity contribution in [2.45, 2.75) is 5.33 Å². The van der Waals surface area contributed by atoms with Gasteiger partial charge < -0.3 is 0 Å². The highest BCUT2D eigenvalue weighted by atomic mass is 79.9. The minimum atomic E-state index is 0.713. The largest absolute Gasteiger partial charge is 0.298 e. The number of rotatable bonds is 2. The Hall–Kier alpha value is -0.190. The van der Waals surface area contributed by atoms with Crippen LogP contribution in [0.3, 0.4) is 0 Å². The van der Waals surface area contributed by atoms with E-state index in [1.807, 2.05) is 17.5 Å². The van der Waals surface area contributed by atoms with E-state index in [9.17, 15) is 4.79 Å². The number of aldehydes is 1. The lowest BCUT2D eigenvalue weighted by atomic mass is 10.1. The number of alkyl halides is 1. The number of carbonyl (C=O) groups excluding carboxylic acids is 1. The van der Waals surface area contributed by atoms with Crippen LogP contribution in [0.25, 0.3) is 10.1 Å². The summed E-state index contributed by atoms with van der Waals surface area (Å²) in [7, 11) is 0. The Morgan fingerprint density at radius 2 is 2.29 bits per heavy atom. The van der Waals surface area contributed by atoms with E-state index < -0.39 is 0 Å². The van der Waals surface area contributed by atoms with Crippen molar-refractivity contribution in [3.63, 3.8) is 0 Å². The van der Waals surface area contributed by atoms with Crippen molar-refractivity contribution >= 4 is 59.6 Å². The number of carbonyl (C=O) groups is 1. The van der Waals surface area contributed by atoms with Crippen LogP contribution >= 0.6 is 43.2 Å². The zero-order chi connectivity index (χ0) is 10.1. The lowest BCUT2D eigenvalue weighted by Gasteiger charge is -2.03.